The Hall–Kier alpha value is -1.53. The van der Waals surface area contributed by atoms with Gasteiger partial charge in [-0.1, -0.05) is 16.6 Å². The fourth-order valence-electron chi connectivity index (χ4n) is 1.39. The third-order valence-electron chi connectivity index (χ3n) is 2.24. The van der Waals surface area contributed by atoms with Crippen LogP contribution in [0.2, 0.25) is 0 Å². The topological polar surface area (TPSA) is 61.0 Å². The second-order valence-electron chi connectivity index (χ2n) is 3.17. The Kier molecular flexibility index (Phi) is 3.12. The number of nitrogens with two attached hydrogens (primary N) is 1. The minimum atomic E-state index is -0.617. The predicted octanol–water partition coefficient (Wildman–Crippen LogP) is 1.73. The van der Waals surface area contributed by atoms with Gasteiger partial charge in [0.1, 0.15) is 0 Å². The van der Waals surface area contributed by atoms with E-state index in [0.29, 0.717) is 11.3 Å². The van der Waals surface area contributed by atoms with E-state index >= 15 is 0 Å². The molecule has 1 unspecified atom stereocenters. The van der Waals surface area contributed by atoms with Crippen LogP contribution in [0.3, 0.4) is 0 Å². The number of nitrogens with zero attached hydrogens (tertiary/aromatic N) is 2. The Morgan fingerprint density at radius 3 is 2.94 bits per heavy atom. The number of hydrogen-bond donors (Lipinski definition) is 1. The summed E-state index contributed by atoms with van der Waals surface area (Å²) in [6.45, 7) is 0. The zero-order valence-electron chi connectivity index (χ0n) is 8.55. The van der Waals surface area contributed by atoms with Crippen LogP contribution in [0.5, 0.6) is 5.75 Å². The van der Waals surface area contributed by atoms with Gasteiger partial charge in [-0.15, -0.1) is 5.10 Å². The van der Waals surface area contributed by atoms with Crippen molar-refractivity contribution in [2.45, 2.75) is 6.04 Å². The summed E-state index contributed by atoms with van der Waals surface area (Å²) in [5, 5.41) is 5.52. The van der Waals surface area contributed by atoms with Crippen LogP contribution < -0.4 is 10.5 Å². The lowest BCUT2D eigenvalue weighted by Gasteiger charge is -2.11. The largest absolute Gasteiger partial charge is 0.494 e. The van der Waals surface area contributed by atoms with E-state index in [9.17, 15) is 4.39 Å². The molecule has 0 spiro atoms. The summed E-state index contributed by atoms with van der Waals surface area (Å²) in [6, 6.07) is 4.23. The van der Waals surface area contributed by atoms with Crippen LogP contribution in [-0.4, -0.2) is 16.7 Å². The molecule has 0 aliphatic carbocycles. The number of benzene rings is 1. The van der Waals surface area contributed by atoms with Crippen molar-refractivity contribution in [3.05, 3.63) is 40.7 Å². The summed E-state index contributed by atoms with van der Waals surface area (Å²) in [7, 11) is 1.41. The molecule has 2 N–H and O–H groups in total. The molecular formula is C10H10FN3OS. The summed E-state index contributed by atoms with van der Waals surface area (Å²) in [4.78, 5) is 0. The van der Waals surface area contributed by atoms with Crippen LogP contribution in [0.25, 0.3) is 0 Å². The van der Waals surface area contributed by atoms with Gasteiger partial charge in [0, 0.05) is 10.9 Å². The van der Waals surface area contributed by atoms with E-state index in [1.54, 1.807) is 23.6 Å². The van der Waals surface area contributed by atoms with Gasteiger partial charge >= 0.3 is 0 Å². The molecule has 4 nitrogen and oxygen atoms in total. The van der Waals surface area contributed by atoms with Gasteiger partial charge in [0.05, 0.1) is 18.8 Å². The molecule has 0 fully saturated rings. The van der Waals surface area contributed by atoms with E-state index in [1.165, 1.54) is 18.6 Å². The first-order valence-electron chi connectivity index (χ1n) is 4.59. The highest BCUT2D eigenvalue weighted by molar-refractivity contribution is 7.03. The number of ether oxygens (including phenoxy) is 1. The molecule has 1 atom stereocenters. The Labute approximate surface area is 96.0 Å². The van der Waals surface area contributed by atoms with Crippen molar-refractivity contribution in [1.82, 2.24) is 9.59 Å². The number of methoxy groups -OCH3 is 1. The Morgan fingerprint density at radius 1 is 1.50 bits per heavy atom. The quantitative estimate of drug-likeness (QED) is 0.886. The first-order valence-corrected chi connectivity index (χ1v) is 5.42. The molecule has 0 bridgehead atoms. The lowest BCUT2D eigenvalue weighted by molar-refractivity contribution is 0.383. The van der Waals surface area contributed by atoms with Gasteiger partial charge < -0.3 is 10.5 Å². The van der Waals surface area contributed by atoms with Crippen molar-refractivity contribution >= 4 is 11.5 Å². The minimum absolute atomic E-state index is 0.177. The van der Waals surface area contributed by atoms with E-state index in [0.717, 1.165) is 0 Å². The number of hydrogen-bond acceptors (Lipinski definition) is 5. The monoisotopic (exact) mass is 239 g/mol. The van der Waals surface area contributed by atoms with Gasteiger partial charge in [0.2, 0.25) is 0 Å². The van der Waals surface area contributed by atoms with Gasteiger partial charge in [-0.25, -0.2) is 4.39 Å². The van der Waals surface area contributed by atoms with Gasteiger partial charge in [-0.2, -0.15) is 0 Å². The normalized spacial score (nSPS) is 12.4. The highest BCUT2D eigenvalue weighted by Crippen LogP contribution is 2.26. The first-order chi connectivity index (χ1) is 7.74. The van der Waals surface area contributed by atoms with Gasteiger partial charge in [-0.3, -0.25) is 0 Å². The van der Waals surface area contributed by atoms with Gasteiger partial charge in [-0.05, 0) is 17.6 Å². The molecule has 2 rings (SSSR count). The maximum atomic E-state index is 13.9. The highest BCUT2D eigenvalue weighted by atomic mass is 32.1. The number of halogens is 1. The van der Waals surface area contributed by atoms with Crippen LogP contribution in [0.4, 0.5) is 4.39 Å². The van der Waals surface area contributed by atoms with Gasteiger partial charge in [0.25, 0.3) is 0 Å². The molecule has 1 aromatic heterocycles. The zero-order chi connectivity index (χ0) is 11.5. The maximum Gasteiger partial charge on any atom is 0.170 e. The second-order valence-corrected chi connectivity index (χ2v) is 3.78. The first kappa shape index (κ1) is 11.0. The van der Waals surface area contributed by atoms with Crippen molar-refractivity contribution in [2.75, 3.05) is 7.11 Å². The molecule has 6 heteroatoms. The Balaban J connectivity index is 2.41. The van der Waals surface area contributed by atoms with Crippen molar-refractivity contribution in [3.8, 4) is 5.75 Å². The molecule has 16 heavy (non-hydrogen) atoms. The molecule has 0 amide bonds. The summed E-state index contributed by atoms with van der Waals surface area (Å²) >= 11 is 1.18. The molecule has 0 saturated heterocycles. The smallest absolute Gasteiger partial charge is 0.170 e. The third-order valence-corrected chi connectivity index (χ3v) is 2.77. The van der Waals surface area contributed by atoms with E-state index in [4.69, 9.17) is 10.5 Å². The summed E-state index contributed by atoms with van der Waals surface area (Å²) < 4.78 is 22.5. The summed E-state index contributed by atoms with van der Waals surface area (Å²) in [5.74, 6) is -0.276. The van der Waals surface area contributed by atoms with E-state index in [1.807, 2.05) is 0 Å². The summed E-state index contributed by atoms with van der Waals surface area (Å²) in [6.07, 6.45) is 0. The van der Waals surface area contributed by atoms with Crippen LogP contribution in [0, 0.1) is 5.82 Å². The molecule has 1 heterocycles. The fourth-order valence-corrected chi connectivity index (χ4v) is 1.88. The predicted molar refractivity (Wildman–Crippen MR) is 58.9 cm³/mol. The fraction of sp³-hybridized carbons (Fsp3) is 0.200. The van der Waals surface area contributed by atoms with E-state index in [-0.39, 0.29) is 5.75 Å². The lowest BCUT2D eigenvalue weighted by atomic mass is 10.0. The van der Waals surface area contributed by atoms with Crippen molar-refractivity contribution in [2.24, 2.45) is 5.73 Å². The molecule has 0 aliphatic rings. The van der Waals surface area contributed by atoms with Crippen LogP contribution in [-0.2, 0) is 0 Å². The molecule has 2 aromatic rings. The molecule has 0 aliphatic heterocycles. The average molecular weight is 239 g/mol. The standard InChI is InChI=1S/C10H10FN3OS/c1-15-8-4-2-3-6(9(8)11)10(12)7-5-16-14-13-7/h2-5,10H,12H2,1H3. The number of aromatic nitrogens is 2. The molecule has 84 valence electrons. The Morgan fingerprint density at radius 2 is 2.31 bits per heavy atom. The van der Waals surface area contributed by atoms with E-state index in [2.05, 4.69) is 9.59 Å². The van der Waals surface area contributed by atoms with Crippen molar-refractivity contribution in [3.63, 3.8) is 0 Å². The minimum Gasteiger partial charge on any atom is -0.494 e. The maximum absolute atomic E-state index is 13.9. The molecule has 1 aromatic carbocycles. The van der Waals surface area contributed by atoms with E-state index < -0.39 is 11.9 Å². The summed E-state index contributed by atoms with van der Waals surface area (Å²) in [5.41, 5.74) is 6.80. The molecule has 0 radical (unpaired) electrons. The van der Waals surface area contributed by atoms with Crippen LogP contribution in [0.1, 0.15) is 17.3 Å². The highest BCUT2D eigenvalue weighted by Gasteiger charge is 2.18. The Bertz CT molecular complexity index is 475. The van der Waals surface area contributed by atoms with Crippen molar-refractivity contribution < 1.29 is 9.13 Å². The third kappa shape index (κ3) is 1.89. The van der Waals surface area contributed by atoms with Crippen LogP contribution in [0.15, 0.2) is 23.6 Å². The zero-order valence-corrected chi connectivity index (χ0v) is 9.37. The second kappa shape index (κ2) is 4.54. The molecule has 0 saturated carbocycles. The van der Waals surface area contributed by atoms with Crippen LogP contribution >= 0.6 is 11.5 Å². The number of rotatable bonds is 3. The van der Waals surface area contributed by atoms with Crippen molar-refractivity contribution in [1.29, 1.82) is 0 Å². The lowest BCUT2D eigenvalue weighted by Crippen LogP contribution is -2.14. The van der Waals surface area contributed by atoms with Gasteiger partial charge in [0.15, 0.2) is 11.6 Å². The SMILES string of the molecule is COc1cccc(C(N)c2csnn2)c1F. The average Bonchev–Trinajstić information content (AvgIpc) is 2.82. The molecular weight excluding hydrogens is 229 g/mol.